The minimum atomic E-state index is 0.854. The van der Waals surface area contributed by atoms with Crippen LogP contribution < -0.4 is 0 Å². The quantitative estimate of drug-likeness (QED) is 0.192. The van der Waals surface area contributed by atoms with Gasteiger partial charge in [-0.3, -0.25) is 4.57 Å². The largest absolute Gasteiger partial charge is 0.456 e. The second-order valence-corrected chi connectivity index (χ2v) is 12.8. The van der Waals surface area contributed by atoms with E-state index in [1.54, 1.807) is 0 Å². The minimum Gasteiger partial charge on any atom is -0.456 e. The normalized spacial score (nSPS) is 12.0. The number of nitrogens with zero attached hydrogens (tertiary/aromatic N) is 4. The number of hydrogen-bond donors (Lipinski definition) is 0. The number of hydrogen-bond acceptors (Lipinski definition) is 2. The zero-order valence-corrected chi connectivity index (χ0v) is 26.9. The Morgan fingerprint density at radius 3 is 1.46 bits per heavy atom. The van der Waals surface area contributed by atoms with Crippen LogP contribution in [0.1, 0.15) is 0 Å². The van der Waals surface area contributed by atoms with Gasteiger partial charge in [-0.15, -0.1) is 0 Å². The van der Waals surface area contributed by atoms with Crippen molar-refractivity contribution in [3.63, 3.8) is 0 Å². The smallest absolute Gasteiger partial charge is 0.144 e. The lowest BCUT2D eigenvalue weighted by Gasteiger charge is -2.21. The Bertz CT molecular complexity index is 2880. The molecular weight excluding hydrogens is 613 g/mol. The van der Waals surface area contributed by atoms with Gasteiger partial charge in [0.25, 0.3) is 0 Å². The molecule has 0 spiro atoms. The van der Waals surface area contributed by atoms with Crippen molar-refractivity contribution in [3.8, 4) is 28.5 Å². The fraction of sp³-hybridized carbons (Fsp3) is 0. The monoisotopic (exact) mass is 640 g/mol. The zero-order valence-electron chi connectivity index (χ0n) is 26.9. The van der Waals surface area contributed by atoms with Crippen LogP contribution in [-0.4, -0.2) is 18.7 Å². The fourth-order valence-corrected chi connectivity index (χ4v) is 8.05. The van der Waals surface area contributed by atoms with E-state index in [9.17, 15) is 0 Å². The topological polar surface area (TPSA) is 40.8 Å². The highest BCUT2D eigenvalue weighted by molar-refractivity contribution is 6.11. The third kappa shape index (κ3) is 3.74. The van der Waals surface area contributed by atoms with Gasteiger partial charge in [-0.2, -0.15) is 0 Å². The van der Waals surface area contributed by atoms with Crippen LogP contribution in [0.3, 0.4) is 0 Å². The van der Waals surface area contributed by atoms with Crippen LogP contribution in [0.15, 0.2) is 175 Å². The highest BCUT2D eigenvalue weighted by Gasteiger charge is 2.23. The highest BCUT2D eigenvalue weighted by atomic mass is 16.3. The highest BCUT2D eigenvalue weighted by Crippen LogP contribution is 2.41. The van der Waals surface area contributed by atoms with Gasteiger partial charge in [-0.25, -0.2) is 4.98 Å². The van der Waals surface area contributed by atoms with E-state index in [1.807, 2.05) is 18.3 Å². The van der Waals surface area contributed by atoms with E-state index in [0.29, 0.717) is 0 Å². The van der Waals surface area contributed by atoms with Crippen molar-refractivity contribution in [2.75, 3.05) is 0 Å². The van der Waals surface area contributed by atoms with Crippen molar-refractivity contribution in [1.82, 2.24) is 18.7 Å². The first-order valence-electron chi connectivity index (χ1n) is 16.9. The third-order valence-electron chi connectivity index (χ3n) is 10.2. The average molecular weight is 641 g/mol. The van der Waals surface area contributed by atoms with E-state index in [1.165, 1.54) is 21.5 Å². The van der Waals surface area contributed by atoms with E-state index in [-0.39, 0.29) is 0 Å². The molecule has 0 aliphatic rings. The molecule has 234 valence electrons. The first-order chi connectivity index (χ1) is 24.8. The lowest BCUT2D eigenvalue weighted by molar-refractivity contribution is 0.669. The summed E-state index contributed by atoms with van der Waals surface area (Å²) in [5.74, 6) is 0.854. The molecule has 0 aliphatic carbocycles. The summed E-state index contributed by atoms with van der Waals surface area (Å²) in [5, 5.41) is 7.06. The van der Waals surface area contributed by atoms with Gasteiger partial charge >= 0.3 is 0 Å². The maximum absolute atomic E-state index is 6.21. The first kappa shape index (κ1) is 27.1. The van der Waals surface area contributed by atoms with Crippen LogP contribution >= 0.6 is 0 Å². The number of rotatable bonds is 4. The molecule has 50 heavy (non-hydrogen) atoms. The van der Waals surface area contributed by atoms with Gasteiger partial charge in [0.05, 0.1) is 39.1 Å². The molecule has 0 fully saturated rings. The van der Waals surface area contributed by atoms with E-state index < -0.39 is 0 Å². The van der Waals surface area contributed by atoms with Crippen LogP contribution in [0.5, 0.6) is 0 Å². The molecule has 0 radical (unpaired) electrons. The van der Waals surface area contributed by atoms with Crippen molar-refractivity contribution in [1.29, 1.82) is 0 Å². The van der Waals surface area contributed by atoms with Crippen molar-refractivity contribution in [3.05, 3.63) is 170 Å². The summed E-state index contributed by atoms with van der Waals surface area (Å²) in [4.78, 5) is 5.04. The summed E-state index contributed by atoms with van der Waals surface area (Å²) in [5.41, 5.74) is 10.5. The van der Waals surface area contributed by atoms with Gasteiger partial charge in [-0.05, 0) is 60.7 Å². The second kappa shape index (κ2) is 10.3. The molecule has 11 rings (SSSR count). The molecule has 4 aromatic heterocycles. The number of imidazole rings is 1. The standard InChI is InChI=1S/C45H28N4O/c1-6-17-36-30(12-1)31-13-2-7-18-37(31)48(36)40-21-11-22-41(49-38-19-8-3-14-32(38)33-15-4-9-20-39(33)49)44(40)47-27-26-46-45(47)29-24-25-43-35(28-29)34-16-5-10-23-42(34)50-43/h1-28H. The average Bonchev–Trinajstić information content (AvgIpc) is 3.95. The number of benzene rings is 7. The first-order valence-corrected chi connectivity index (χ1v) is 16.9. The van der Waals surface area contributed by atoms with Crippen LogP contribution in [0.2, 0.25) is 0 Å². The molecule has 0 atom stereocenters. The van der Waals surface area contributed by atoms with E-state index in [0.717, 1.165) is 72.5 Å². The Morgan fingerprint density at radius 1 is 0.420 bits per heavy atom. The van der Waals surface area contributed by atoms with Crippen LogP contribution in [0.25, 0.3) is 94.0 Å². The van der Waals surface area contributed by atoms with Gasteiger partial charge < -0.3 is 13.6 Å². The number of para-hydroxylation sites is 6. The summed E-state index contributed by atoms with van der Waals surface area (Å²) in [6.07, 6.45) is 4.00. The van der Waals surface area contributed by atoms with E-state index >= 15 is 0 Å². The minimum absolute atomic E-state index is 0.854. The van der Waals surface area contributed by atoms with Gasteiger partial charge in [0.1, 0.15) is 17.0 Å². The van der Waals surface area contributed by atoms with Crippen molar-refractivity contribution < 1.29 is 4.42 Å². The number of aromatic nitrogens is 4. The third-order valence-corrected chi connectivity index (χ3v) is 10.2. The summed E-state index contributed by atoms with van der Waals surface area (Å²) in [7, 11) is 0. The predicted molar refractivity (Wildman–Crippen MR) is 205 cm³/mol. The van der Waals surface area contributed by atoms with E-state index in [4.69, 9.17) is 9.40 Å². The zero-order chi connectivity index (χ0) is 32.8. The predicted octanol–water partition coefficient (Wildman–Crippen LogP) is 11.6. The molecule has 0 unspecified atom stereocenters. The Kier molecular flexibility index (Phi) is 5.60. The maximum atomic E-state index is 6.21. The lowest BCUT2D eigenvalue weighted by atomic mass is 10.1. The SMILES string of the molecule is c1cc(-n2c3ccccc3c3ccccc32)c(-n2ccnc2-c2ccc3oc4ccccc4c3c2)c(-n2c3ccccc3c3ccccc32)c1. The summed E-state index contributed by atoms with van der Waals surface area (Å²) >= 11 is 0. The van der Waals surface area contributed by atoms with Gasteiger partial charge in [0.2, 0.25) is 0 Å². The lowest BCUT2D eigenvalue weighted by Crippen LogP contribution is -2.09. The second-order valence-electron chi connectivity index (χ2n) is 12.8. The molecule has 0 aliphatic heterocycles. The van der Waals surface area contributed by atoms with Crippen LogP contribution in [-0.2, 0) is 0 Å². The van der Waals surface area contributed by atoms with Crippen molar-refractivity contribution in [2.24, 2.45) is 0 Å². The molecule has 7 aromatic carbocycles. The van der Waals surface area contributed by atoms with Crippen LogP contribution in [0.4, 0.5) is 0 Å². The fourth-order valence-electron chi connectivity index (χ4n) is 8.05. The molecule has 0 saturated carbocycles. The molecular formula is C45H28N4O. The molecule has 0 amide bonds. The van der Waals surface area contributed by atoms with Gasteiger partial charge in [-0.1, -0.05) is 97.1 Å². The van der Waals surface area contributed by atoms with Crippen molar-refractivity contribution >= 4 is 65.6 Å². The molecule has 0 bridgehead atoms. The Morgan fingerprint density at radius 2 is 0.900 bits per heavy atom. The molecule has 5 heteroatoms. The number of fused-ring (bicyclic) bond motifs is 9. The summed E-state index contributed by atoms with van der Waals surface area (Å²) in [6.45, 7) is 0. The number of furan rings is 1. The van der Waals surface area contributed by atoms with E-state index in [2.05, 4.69) is 165 Å². The Hall–Kier alpha value is -6.85. The molecule has 4 heterocycles. The maximum Gasteiger partial charge on any atom is 0.144 e. The molecule has 5 nitrogen and oxygen atoms in total. The summed E-state index contributed by atoms with van der Waals surface area (Å²) in [6, 6.07) is 56.0. The van der Waals surface area contributed by atoms with Gasteiger partial charge in [0.15, 0.2) is 0 Å². The Balaban J connectivity index is 1.27. The summed E-state index contributed by atoms with van der Waals surface area (Å²) < 4.78 is 13.3. The molecule has 11 aromatic rings. The van der Waals surface area contributed by atoms with Gasteiger partial charge in [0, 0.05) is 50.3 Å². The van der Waals surface area contributed by atoms with Crippen molar-refractivity contribution in [2.45, 2.75) is 0 Å². The molecule has 0 N–H and O–H groups in total. The molecule has 0 saturated heterocycles. The van der Waals surface area contributed by atoms with Crippen LogP contribution in [0, 0.1) is 0 Å². The Labute approximate surface area is 286 Å².